The Morgan fingerprint density at radius 2 is 1.81 bits per heavy atom. The number of alkyl halides is 1. The highest BCUT2D eigenvalue weighted by Crippen LogP contribution is 2.35. The molecule has 1 aliphatic rings. The van der Waals surface area contributed by atoms with Gasteiger partial charge in [0.1, 0.15) is 11.5 Å². The van der Waals surface area contributed by atoms with Gasteiger partial charge in [-0.3, -0.25) is 0 Å². The second kappa shape index (κ2) is 6.20. The van der Waals surface area contributed by atoms with Gasteiger partial charge in [-0.05, 0) is 18.2 Å². The maximum Gasteiger partial charge on any atom is 0.136 e. The van der Waals surface area contributed by atoms with Crippen molar-refractivity contribution in [1.82, 2.24) is 0 Å². The normalized spacial score (nSPS) is 13.6. The van der Waals surface area contributed by atoms with Gasteiger partial charge in [-0.1, -0.05) is 30.4 Å². The Hall–Kier alpha value is -1.97. The van der Waals surface area contributed by atoms with Crippen LogP contribution in [0.15, 0.2) is 42.5 Å². The number of aliphatic hydroxyl groups is 1. The number of fused-ring (bicyclic) bond motifs is 2. The van der Waals surface area contributed by atoms with E-state index < -0.39 is 6.10 Å². The number of nitrogens with one attached hydrogen (secondary N) is 1. The lowest BCUT2D eigenvalue weighted by atomic mass is 10.1. The minimum atomic E-state index is -0.563. The van der Waals surface area contributed by atoms with E-state index in [0.29, 0.717) is 6.54 Å². The molecule has 1 aliphatic heterocycles. The summed E-state index contributed by atoms with van der Waals surface area (Å²) in [5.41, 5.74) is 2.97. The van der Waals surface area contributed by atoms with Crippen molar-refractivity contribution in [3.63, 3.8) is 0 Å². The fraction of sp³-hybridized carbons (Fsp3) is 0.176. The minimum Gasteiger partial charge on any atom is -0.456 e. The largest absolute Gasteiger partial charge is 0.456 e. The highest BCUT2D eigenvalue weighted by atomic mass is 35.5. The Morgan fingerprint density at radius 3 is 2.62 bits per heavy atom. The lowest BCUT2D eigenvalue weighted by molar-refractivity contribution is 0.211. The summed E-state index contributed by atoms with van der Waals surface area (Å²) in [4.78, 5) is 0. The van der Waals surface area contributed by atoms with Crippen molar-refractivity contribution in [2.75, 3.05) is 17.7 Å². The predicted molar refractivity (Wildman–Crippen MR) is 87.1 cm³/mol. The Kier molecular flexibility index (Phi) is 4.13. The van der Waals surface area contributed by atoms with Crippen LogP contribution in [0, 0.1) is 0 Å². The van der Waals surface area contributed by atoms with Crippen molar-refractivity contribution in [2.45, 2.75) is 6.10 Å². The van der Waals surface area contributed by atoms with E-state index in [0.717, 1.165) is 28.3 Å². The fourth-order valence-electron chi connectivity index (χ4n) is 2.17. The summed E-state index contributed by atoms with van der Waals surface area (Å²) in [6, 6.07) is 13.8. The molecule has 2 N–H and O–H groups in total. The number of aliphatic hydroxyl groups excluding tert-OH is 1. The van der Waals surface area contributed by atoms with Crippen LogP contribution in [0.2, 0.25) is 0 Å². The standard InChI is InChI=1S/C17H16ClNO2/c18-10-15(20)11-19-14-8-7-13-6-5-12-3-1-2-4-16(12)21-17(13)9-14/h1-9,15,19-20H,10-11H2. The lowest BCUT2D eigenvalue weighted by Gasteiger charge is -2.13. The van der Waals surface area contributed by atoms with E-state index in [2.05, 4.69) is 5.32 Å². The van der Waals surface area contributed by atoms with Gasteiger partial charge in [-0.15, -0.1) is 11.6 Å². The third-order valence-corrected chi connectivity index (χ3v) is 3.67. The molecule has 2 aromatic carbocycles. The van der Waals surface area contributed by atoms with Gasteiger partial charge in [-0.25, -0.2) is 0 Å². The Balaban J connectivity index is 1.84. The Morgan fingerprint density at radius 1 is 1.05 bits per heavy atom. The third-order valence-electron chi connectivity index (χ3n) is 3.31. The van der Waals surface area contributed by atoms with Crippen LogP contribution in [0.3, 0.4) is 0 Å². The summed E-state index contributed by atoms with van der Waals surface area (Å²) >= 11 is 5.59. The van der Waals surface area contributed by atoms with Crippen LogP contribution in [0.5, 0.6) is 11.5 Å². The molecule has 2 aromatic rings. The summed E-state index contributed by atoms with van der Waals surface area (Å²) in [6.45, 7) is 0.411. The van der Waals surface area contributed by atoms with E-state index in [1.807, 2.05) is 54.6 Å². The molecule has 0 fully saturated rings. The first kappa shape index (κ1) is 14.0. The fourth-order valence-corrected chi connectivity index (χ4v) is 2.28. The molecule has 0 radical (unpaired) electrons. The van der Waals surface area contributed by atoms with Gasteiger partial charge in [0.15, 0.2) is 0 Å². The van der Waals surface area contributed by atoms with Gasteiger partial charge in [0, 0.05) is 29.4 Å². The van der Waals surface area contributed by atoms with Crippen molar-refractivity contribution in [1.29, 1.82) is 0 Å². The van der Waals surface area contributed by atoms with Crippen molar-refractivity contribution in [3.05, 3.63) is 53.6 Å². The third kappa shape index (κ3) is 3.20. The van der Waals surface area contributed by atoms with E-state index in [1.54, 1.807) is 0 Å². The van der Waals surface area contributed by atoms with E-state index >= 15 is 0 Å². The topological polar surface area (TPSA) is 41.5 Å². The minimum absolute atomic E-state index is 0.213. The summed E-state index contributed by atoms with van der Waals surface area (Å²) in [6.07, 6.45) is 3.52. The zero-order chi connectivity index (χ0) is 14.7. The van der Waals surface area contributed by atoms with E-state index in [-0.39, 0.29) is 5.88 Å². The number of benzene rings is 2. The number of hydrogen-bond acceptors (Lipinski definition) is 3. The van der Waals surface area contributed by atoms with Crippen molar-refractivity contribution in [3.8, 4) is 11.5 Å². The zero-order valence-electron chi connectivity index (χ0n) is 11.4. The van der Waals surface area contributed by atoms with Crippen molar-refractivity contribution >= 4 is 29.4 Å². The monoisotopic (exact) mass is 301 g/mol. The van der Waals surface area contributed by atoms with Crippen LogP contribution < -0.4 is 10.1 Å². The molecule has 1 heterocycles. The summed E-state index contributed by atoms with van der Waals surface area (Å²) in [5.74, 6) is 1.84. The van der Waals surface area contributed by atoms with Crippen LogP contribution in [0.25, 0.3) is 12.2 Å². The first-order valence-corrected chi connectivity index (χ1v) is 7.36. The summed E-state index contributed by atoms with van der Waals surface area (Å²) in [7, 11) is 0. The van der Waals surface area contributed by atoms with Crippen molar-refractivity contribution in [2.24, 2.45) is 0 Å². The zero-order valence-corrected chi connectivity index (χ0v) is 12.2. The van der Waals surface area contributed by atoms with E-state index in [1.165, 1.54) is 0 Å². The molecule has 3 rings (SSSR count). The number of ether oxygens (including phenoxy) is 1. The summed E-state index contributed by atoms with van der Waals surface area (Å²) in [5, 5.41) is 12.6. The van der Waals surface area contributed by atoms with E-state index in [9.17, 15) is 5.11 Å². The van der Waals surface area contributed by atoms with Crippen LogP contribution in [-0.4, -0.2) is 23.6 Å². The van der Waals surface area contributed by atoms with Gasteiger partial charge < -0.3 is 15.2 Å². The number of para-hydroxylation sites is 1. The second-order valence-corrected chi connectivity index (χ2v) is 5.22. The van der Waals surface area contributed by atoms with Gasteiger partial charge in [-0.2, -0.15) is 0 Å². The molecule has 0 aliphatic carbocycles. The van der Waals surface area contributed by atoms with Gasteiger partial charge in [0.05, 0.1) is 12.0 Å². The average molecular weight is 302 g/mol. The molecule has 0 saturated heterocycles. The van der Waals surface area contributed by atoms with Crippen LogP contribution in [-0.2, 0) is 0 Å². The average Bonchev–Trinajstić information content (AvgIpc) is 2.71. The smallest absolute Gasteiger partial charge is 0.136 e. The Labute approximate surface area is 128 Å². The molecule has 0 aromatic heterocycles. The molecule has 21 heavy (non-hydrogen) atoms. The highest BCUT2D eigenvalue weighted by molar-refractivity contribution is 6.18. The maximum atomic E-state index is 9.50. The molecule has 1 unspecified atom stereocenters. The summed E-state index contributed by atoms with van der Waals surface area (Å²) < 4.78 is 5.99. The number of rotatable bonds is 4. The molecule has 0 saturated carbocycles. The van der Waals surface area contributed by atoms with Crippen LogP contribution >= 0.6 is 11.6 Å². The second-order valence-electron chi connectivity index (χ2n) is 4.91. The van der Waals surface area contributed by atoms with Gasteiger partial charge >= 0.3 is 0 Å². The molecule has 0 amide bonds. The lowest BCUT2D eigenvalue weighted by Crippen LogP contribution is -2.20. The number of anilines is 1. The molecule has 4 heteroatoms. The first-order chi connectivity index (χ1) is 10.3. The predicted octanol–water partition coefficient (Wildman–Crippen LogP) is 3.97. The molecule has 0 bridgehead atoms. The first-order valence-electron chi connectivity index (χ1n) is 6.83. The van der Waals surface area contributed by atoms with Crippen LogP contribution in [0.1, 0.15) is 11.1 Å². The van der Waals surface area contributed by atoms with Crippen LogP contribution in [0.4, 0.5) is 5.69 Å². The van der Waals surface area contributed by atoms with Gasteiger partial charge in [0.2, 0.25) is 0 Å². The van der Waals surface area contributed by atoms with Gasteiger partial charge in [0.25, 0.3) is 0 Å². The molecular weight excluding hydrogens is 286 g/mol. The van der Waals surface area contributed by atoms with Crippen molar-refractivity contribution < 1.29 is 9.84 Å². The molecule has 1 atom stereocenters. The SMILES string of the molecule is OC(CCl)CNc1ccc2c(c1)Oc1ccccc1C=C2. The number of hydrogen-bond donors (Lipinski definition) is 2. The molecule has 0 spiro atoms. The maximum absolute atomic E-state index is 9.50. The Bertz CT molecular complexity index is 670. The molecular formula is C17H16ClNO2. The molecule has 3 nitrogen and oxygen atoms in total. The highest BCUT2D eigenvalue weighted by Gasteiger charge is 2.11. The van der Waals surface area contributed by atoms with E-state index in [4.69, 9.17) is 16.3 Å². The quantitative estimate of drug-likeness (QED) is 0.716. The number of halogens is 1. The molecule has 108 valence electrons.